The number of para-hydroxylation sites is 1. The lowest BCUT2D eigenvalue weighted by atomic mass is 10.0. The molecule has 5 aromatic rings. The Morgan fingerprint density at radius 1 is 1.12 bits per heavy atom. The number of carbonyl (C=O) groups is 1. The Labute approximate surface area is 242 Å². The molecule has 0 amide bonds. The van der Waals surface area contributed by atoms with Gasteiger partial charge in [0.25, 0.3) is 5.56 Å². The number of ether oxygens (including phenoxy) is 2. The van der Waals surface area contributed by atoms with Gasteiger partial charge >= 0.3 is 5.97 Å². The second kappa shape index (κ2) is 10.9. The lowest BCUT2D eigenvalue weighted by Crippen LogP contribution is -2.39. The van der Waals surface area contributed by atoms with Crippen molar-refractivity contribution in [2.24, 2.45) is 4.99 Å². The molecule has 2 aromatic carbocycles. The molecule has 0 saturated heterocycles. The van der Waals surface area contributed by atoms with E-state index in [1.165, 1.54) is 29.8 Å². The van der Waals surface area contributed by atoms with E-state index in [-0.39, 0.29) is 5.56 Å². The van der Waals surface area contributed by atoms with Crippen LogP contribution in [0.4, 0.5) is 0 Å². The fourth-order valence-corrected chi connectivity index (χ4v) is 6.90. The highest BCUT2D eigenvalue weighted by Gasteiger charge is 2.33. The zero-order valence-electron chi connectivity index (χ0n) is 21.7. The molecule has 1 unspecified atom stereocenters. The summed E-state index contributed by atoms with van der Waals surface area (Å²) in [5, 5.41) is 3.62. The third-order valence-electron chi connectivity index (χ3n) is 6.76. The minimum atomic E-state index is -0.586. The highest BCUT2D eigenvalue weighted by Crippen LogP contribution is 2.33. The molecule has 1 atom stereocenters. The quantitative estimate of drug-likeness (QED) is 0.246. The minimum absolute atomic E-state index is 0.195. The summed E-state index contributed by atoms with van der Waals surface area (Å²) < 4.78 is 15.3. The van der Waals surface area contributed by atoms with Crippen LogP contribution in [0.3, 0.4) is 0 Å². The molecule has 40 heavy (non-hydrogen) atoms. The summed E-state index contributed by atoms with van der Waals surface area (Å²) in [7, 11) is 1.34. The summed E-state index contributed by atoms with van der Waals surface area (Å²) in [5.41, 5.74) is 2.70. The van der Waals surface area contributed by atoms with E-state index in [0.717, 1.165) is 27.1 Å². The van der Waals surface area contributed by atoms with E-state index >= 15 is 0 Å². The van der Waals surface area contributed by atoms with Crippen LogP contribution in [0.25, 0.3) is 17.0 Å². The van der Waals surface area contributed by atoms with Crippen LogP contribution >= 0.6 is 34.3 Å². The van der Waals surface area contributed by atoms with Gasteiger partial charge in [0.1, 0.15) is 18.4 Å². The average molecular weight is 590 g/mol. The van der Waals surface area contributed by atoms with Crippen molar-refractivity contribution >= 4 is 57.2 Å². The molecule has 1 aliphatic heterocycles. The number of benzene rings is 2. The van der Waals surface area contributed by atoms with E-state index in [0.29, 0.717) is 38.8 Å². The summed E-state index contributed by atoms with van der Waals surface area (Å²) in [6.45, 7) is 2.88. The molecule has 0 radical (unpaired) electrons. The Morgan fingerprint density at radius 3 is 2.67 bits per heavy atom. The molecule has 0 bridgehead atoms. The van der Waals surface area contributed by atoms with Crippen molar-refractivity contribution in [3.8, 4) is 5.75 Å². The van der Waals surface area contributed by atoms with Crippen LogP contribution < -0.4 is 19.6 Å². The first kappa shape index (κ1) is 26.3. The summed E-state index contributed by atoms with van der Waals surface area (Å²) in [6.07, 6.45) is 3.95. The second-order valence-corrected chi connectivity index (χ2v) is 11.6. The molecule has 0 N–H and O–H groups in total. The van der Waals surface area contributed by atoms with Crippen LogP contribution in [-0.4, -0.2) is 28.8 Å². The number of fused-ring (bicyclic) bond motifs is 2. The van der Waals surface area contributed by atoms with Gasteiger partial charge in [0.15, 0.2) is 4.80 Å². The number of halogens is 1. The van der Waals surface area contributed by atoms with E-state index < -0.39 is 12.0 Å². The van der Waals surface area contributed by atoms with Crippen LogP contribution in [0.1, 0.15) is 23.4 Å². The number of hydrogen-bond acceptors (Lipinski definition) is 7. The number of nitrogens with zero attached hydrogens (tertiary/aromatic N) is 3. The van der Waals surface area contributed by atoms with Gasteiger partial charge in [0.05, 0.1) is 29.5 Å². The molecule has 202 valence electrons. The van der Waals surface area contributed by atoms with Gasteiger partial charge < -0.3 is 14.0 Å². The predicted molar refractivity (Wildman–Crippen MR) is 159 cm³/mol. The number of carbonyl (C=O) groups excluding carboxylic acids is 1. The van der Waals surface area contributed by atoms with Crippen molar-refractivity contribution in [2.45, 2.75) is 19.5 Å². The number of hydrogen-bond donors (Lipinski definition) is 0. The predicted octanol–water partition coefficient (Wildman–Crippen LogP) is 5.16. The summed E-state index contributed by atoms with van der Waals surface area (Å²) >= 11 is 8.78. The number of allylic oxidation sites excluding steroid dienone is 1. The van der Waals surface area contributed by atoms with Crippen molar-refractivity contribution in [3.63, 3.8) is 0 Å². The lowest BCUT2D eigenvalue weighted by molar-refractivity contribution is -0.136. The van der Waals surface area contributed by atoms with E-state index in [9.17, 15) is 9.59 Å². The zero-order valence-corrected chi connectivity index (χ0v) is 24.1. The molecular formula is C30H24ClN3O4S2. The summed E-state index contributed by atoms with van der Waals surface area (Å²) in [6, 6.07) is 18.6. The van der Waals surface area contributed by atoms with Gasteiger partial charge in [-0.1, -0.05) is 47.2 Å². The maximum Gasteiger partial charge on any atom is 0.338 e. The molecule has 0 spiro atoms. The van der Waals surface area contributed by atoms with Crippen LogP contribution in [0, 0.1) is 0 Å². The number of methoxy groups -OCH3 is 1. The lowest BCUT2D eigenvalue weighted by Gasteiger charge is -2.22. The normalized spacial score (nSPS) is 15.3. The molecular weight excluding hydrogens is 566 g/mol. The smallest absolute Gasteiger partial charge is 0.338 e. The number of thiophene rings is 1. The molecule has 0 saturated carbocycles. The standard InChI is InChI=1S/C30H24ClN3O4S2/c1-18-26(29(36)37-2)27(24-8-5-15-39-24)34-28(35)25(40-30(34)32-18)16-19-17-33(23-7-4-3-6-22(19)23)13-14-38-21-11-9-20(31)10-12-21/h3-12,15-17,27H,13-14H2,1-2H3. The van der Waals surface area contributed by atoms with Gasteiger partial charge in [-0.15, -0.1) is 11.3 Å². The Balaban J connectivity index is 1.40. The van der Waals surface area contributed by atoms with Crippen LogP contribution in [0.5, 0.6) is 5.75 Å². The Kier molecular flexibility index (Phi) is 7.18. The van der Waals surface area contributed by atoms with E-state index in [1.54, 1.807) is 23.6 Å². The second-order valence-electron chi connectivity index (χ2n) is 9.19. The van der Waals surface area contributed by atoms with Crippen LogP contribution in [0.2, 0.25) is 5.02 Å². The molecule has 7 nitrogen and oxygen atoms in total. The molecule has 3 aromatic heterocycles. The van der Waals surface area contributed by atoms with Gasteiger partial charge in [-0.25, -0.2) is 9.79 Å². The molecule has 6 rings (SSSR count). The molecule has 1 aliphatic rings. The van der Waals surface area contributed by atoms with Crippen molar-refractivity contribution in [1.82, 2.24) is 9.13 Å². The monoisotopic (exact) mass is 589 g/mol. The molecule has 0 fully saturated rings. The fourth-order valence-electron chi connectivity index (χ4n) is 4.92. The Morgan fingerprint density at radius 2 is 1.93 bits per heavy atom. The van der Waals surface area contributed by atoms with Crippen molar-refractivity contribution < 1.29 is 14.3 Å². The number of thiazole rings is 1. The van der Waals surface area contributed by atoms with Gasteiger partial charge in [-0.3, -0.25) is 9.36 Å². The molecule has 0 aliphatic carbocycles. The minimum Gasteiger partial charge on any atom is -0.492 e. The number of rotatable bonds is 7. The van der Waals surface area contributed by atoms with Gasteiger partial charge in [-0.2, -0.15) is 0 Å². The van der Waals surface area contributed by atoms with Gasteiger partial charge in [0, 0.05) is 32.6 Å². The summed E-state index contributed by atoms with van der Waals surface area (Å²) in [4.78, 5) is 32.7. The highest BCUT2D eigenvalue weighted by atomic mass is 35.5. The molecule has 4 heterocycles. The Hall–Kier alpha value is -3.92. The largest absolute Gasteiger partial charge is 0.492 e. The van der Waals surface area contributed by atoms with Gasteiger partial charge in [0.2, 0.25) is 0 Å². The number of esters is 1. The number of aromatic nitrogens is 2. The fraction of sp³-hybridized carbons (Fsp3) is 0.167. The average Bonchev–Trinajstić information content (AvgIpc) is 3.68. The zero-order chi connectivity index (χ0) is 27.8. The first-order valence-corrected chi connectivity index (χ1v) is 14.6. The first-order chi connectivity index (χ1) is 19.4. The third kappa shape index (κ3) is 4.81. The van der Waals surface area contributed by atoms with Crippen LogP contribution in [-0.2, 0) is 16.1 Å². The van der Waals surface area contributed by atoms with E-state index in [2.05, 4.69) is 15.6 Å². The van der Waals surface area contributed by atoms with Crippen molar-refractivity contribution in [1.29, 1.82) is 0 Å². The SMILES string of the molecule is COC(=O)C1=C(C)N=c2sc(=Cc3cn(CCOc4ccc(Cl)cc4)c4ccccc34)c(=O)n2C1c1cccs1. The van der Waals surface area contributed by atoms with Gasteiger partial charge in [-0.05, 0) is 54.8 Å². The summed E-state index contributed by atoms with van der Waals surface area (Å²) in [5.74, 6) is 0.266. The first-order valence-electron chi connectivity index (χ1n) is 12.5. The topological polar surface area (TPSA) is 74.8 Å². The highest BCUT2D eigenvalue weighted by molar-refractivity contribution is 7.10. The van der Waals surface area contributed by atoms with Crippen LogP contribution in [0.15, 0.2) is 93.3 Å². The van der Waals surface area contributed by atoms with Crippen molar-refractivity contribution in [3.05, 3.63) is 119 Å². The van der Waals surface area contributed by atoms with E-state index in [4.69, 9.17) is 21.1 Å². The van der Waals surface area contributed by atoms with Crippen molar-refractivity contribution in [2.75, 3.05) is 13.7 Å². The van der Waals surface area contributed by atoms with E-state index in [1.807, 2.05) is 60.1 Å². The third-order valence-corrected chi connectivity index (χ3v) is 8.92. The maximum absolute atomic E-state index is 13.9. The Bertz CT molecular complexity index is 1930. The molecule has 10 heteroatoms. The maximum atomic E-state index is 13.9.